The zero-order valence-electron chi connectivity index (χ0n) is 18.5. The molecular weight excluding hydrogens is 376 g/mol. The van der Waals surface area contributed by atoms with Crippen molar-refractivity contribution in [1.29, 1.82) is 0 Å². The molecule has 2 rings (SSSR count). The maximum absolute atomic E-state index is 14.4. The van der Waals surface area contributed by atoms with E-state index < -0.39 is 35.8 Å². The first-order chi connectivity index (χ1) is 13.2. The Morgan fingerprint density at radius 1 is 1.21 bits per heavy atom. The van der Waals surface area contributed by atoms with Gasteiger partial charge in [-0.3, -0.25) is 0 Å². The van der Waals surface area contributed by atoms with Gasteiger partial charge < -0.3 is 24.1 Å². The Kier molecular flexibility index (Phi) is 6.70. The number of carbonyl (C=O) groups excluding carboxylic acids is 1. The van der Waals surface area contributed by atoms with E-state index in [9.17, 15) is 9.18 Å². The highest BCUT2D eigenvalue weighted by molar-refractivity contribution is 6.56. The third-order valence-corrected chi connectivity index (χ3v) is 4.94. The van der Waals surface area contributed by atoms with Crippen molar-refractivity contribution in [1.82, 2.24) is 5.32 Å². The molecule has 0 aromatic heterocycles. The summed E-state index contributed by atoms with van der Waals surface area (Å²) in [7, 11) is 0.764. The molecule has 0 unspecified atom stereocenters. The molecule has 1 aliphatic heterocycles. The fourth-order valence-electron chi connectivity index (χ4n) is 2.64. The summed E-state index contributed by atoms with van der Waals surface area (Å²) >= 11 is 0. The van der Waals surface area contributed by atoms with Gasteiger partial charge in [0, 0.05) is 12.1 Å². The lowest BCUT2D eigenvalue weighted by Gasteiger charge is -2.32. The molecule has 1 aliphatic rings. The summed E-state index contributed by atoms with van der Waals surface area (Å²) in [6.07, 6.45) is 1.03. The van der Waals surface area contributed by atoms with Crippen LogP contribution in [-0.2, 0) is 14.0 Å². The molecule has 0 atom stereocenters. The zero-order valence-corrected chi connectivity index (χ0v) is 18.5. The Balaban J connectivity index is 2.33. The molecule has 0 aliphatic carbocycles. The third kappa shape index (κ3) is 5.96. The van der Waals surface area contributed by atoms with Gasteiger partial charge in [-0.05, 0) is 72.1 Å². The van der Waals surface area contributed by atoms with Crippen molar-refractivity contribution in [3.63, 3.8) is 0 Å². The Hall–Kier alpha value is -2.06. The fourth-order valence-corrected chi connectivity index (χ4v) is 2.64. The van der Waals surface area contributed by atoms with Gasteiger partial charge in [0.05, 0.1) is 18.3 Å². The van der Waals surface area contributed by atoms with Crippen LogP contribution in [0, 0.1) is 5.82 Å². The normalized spacial score (nSPS) is 18.5. The number of amides is 1. The molecule has 0 saturated carbocycles. The number of halogens is 1. The van der Waals surface area contributed by atoms with E-state index in [0.29, 0.717) is 16.8 Å². The minimum atomic E-state index is -0.750. The Morgan fingerprint density at radius 3 is 2.31 bits per heavy atom. The van der Waals surface area contributed by atoms with Crippen molar-refractivity contribution >= 4 is 19.3 Å². The first-order valence-electron chi connectivity index (χ1n) is 9.60. The molecule has 0 spiro atoms. The largest absolute Gasteiger partial charge is 0.497 e. The average molecular weight is 407 g/mol. The van der Waals surface area contributed by atoms with E-state index in [1.54, 1.807) is 39.0 Å². The fraction of sp³-hybridized carbons (Fsp3) is 0.571. The van der Waals surface area contributed by atoms with Gasteiger partial charge in [-0.1, -0.05) is 6.08 Å². The number of carbonyl (C=O) groups is 1. The maximum atomic E-state index is 14.4. The highest BCUT2D eigenvalue weighted by Crippen LogP contribution is 2.39. The van der Waals surface area contributed by atoms with E-state index in [1.807, 2.05) is 27.7 Å². The number of hydrogen-bond acceptors (Lipinski definition) is 5. The average Bonchev–Trinajstić information content (AvgIpc) is 2.79. The first-order valence-corrected chi connectivity index (χ1v) is 9.60. The van der Waals surface area contributed by atoms with Gasteiger partial charge >= 0.3 is 13.2 Å². The predicted octanol–water partition coefficient (Wildman–Crippen LogP) is 4.37. The van der Waals surface area contributed by atoms with Crippen LogP contribution < -0.4 is 10.1 Å². The topological polar surface area (TPSA) is 66.0 Å². The van der Waals surface area contributed by atoms with Crippen molar-refractivity contribution in [2.24, 2.45) is 0 Å². The van der Waals surface area contributed by atoms with Gasteiger partial charge in [-0.25, -0.2) is 9.18 Å². The monoisotopic (exact) mass is 407 g/mol. The number of benzene rings is 1. The highest BCUT2D eigenvalue weighted by atomic mass is 19.1. The predicted molar refractivity (Wildman–Crippen MR) is 111 cm³/mol. The smallest absolute Gasteiger partial charge is 0.492 e. The first kappa shape index (κ1) is 23.2. The summed E-state index contributed by atoms with van der Waals surface area (Å²) in [4.78, 5) is 12.1. The molecular formula is C21H31BFNO5. The van der Waals surface area contributed by atoms with Gasteiger partial charge in [0.15, 0.2) is 0 Å². The van der Waals surface area contributed by atoms with Crippen molar-refractivity contribution in [3.05, 3.63) is 35.1 Å². The Morgan fingerprint density at radius 2 is 1.79 bits per heavy atom. The van der Waals surface area contributed by atoms with E-state index in [1.165, 1.54) is 13.2 Å². The lowest BCUT2D eigenvalue weighted by Crippen LogP contribution is -2.41. The van der Waals surface area contributed by atoms with Crippen molar-refractivity contribution in [3.8, 4) is 5.75 Å². The second kappa shape index (κ2) is 8.36. The van der Waals surface area contributed by atoms with Gasteiger partial charge in [0.2, 0.25) is 0 Å². The summed E-state index contributed by atoms with van der Waals surface area (Å²) in [5.74, 6) is 0.100. The maximum Gasteiger partial charge on any atom is 0.492 e. The van der Waals surface area contributed by atoms with E-state index in [-0.39, 0.29) is 6.54 Å². The minimum absolute atomic E-state index is 0.0718. The van der Waals surface area contributed by atoms with Crippen LogP contribution in [0.5, 0.6) is 5.75 Å². The van der Waals surface area contributed by atoms with Crippen molar-refractivity contribution < 1.29 is 28.0 Å². The SMILES string of the molecule is COc1ccc(F)c(C=C(CNC(=O)OC(C)(C)C)B2OC(C)(C)C(C)(C)O2)c1. The molecule has 1 heterocycles. The summed E-state index contributed by atoms with van der Waals surface area (Å²) in [6.45, 7) is 13.1. The second-order valence-electron chi connectivity index (χ2n) is 9.05. The van der Waals surface area contributed by atoms with Crippen LogP contribution in [0.3, 0.4) is 0 Å². The van der Waals surface area contributed by atoms with Gasteiger partial charge in [-0.15, -0.1) is 0 Å². The molecule has 0 bridgehead atoms. The lowest BCUT2D eigenvalue weighted by molar-refractivity contribution is 0.00578. The molecule has 1 aromatic rings. The van der Waals surface area contributed by atoms with Crippen LogP contribution in [0.1, 0.15) is 54.0 Å². The summed E-state index contributed by atoms with van der Waals surface area (Å²) in [5.41, 5.74) is -0.913. The zero-order chi connectivity index (χ0) is 22.0. The van der Waals surface area contributed by atoms with E-state index in [4.69, 9.17) is 18.8 Å². The lowest BCUT2D eigenvalue weighted by atomic mass is 9.77. The molecule has 1 saturated heterocycles. The van der Waals surface area contributed by atoms with Gasteiger partial charge in [0.1, 0.15) is 17.2 Å². The molecule has 160 valence electrons. The van der Waals surface area contributed by atoms with E-state index in [0.717, 1.165) is 0 Å². The number of nitrogens with one attached hydrogen (secondary N) is 1. The summed E-state index contributed by atoms with van der Waals surface area (Å²) in [6, 6.07) is 4.45. The van der Waals surface area contributed by atoms with Gasteiger partial charge in [-0.2, -0.15) is 0 Å². The van der Waals surface area contributed by atoms with Crippen LogP contribution >= 0.6 is 0 Å². The Bertz CT molecular complexity index is 770. The van der Waals surface area contributed by atoms with E-state index in [2.05, 4.69) is 5.32 Å². The molecule has 1 fully saturated rings. The molecule has 1 aromatic carbocycles. The molecule has 29 heavy (non-hydrogen) atoms. The van der Waals surface area contributed by atoms with Crippen LogP contribution in [0.2, 0.25) is 0 Å². The highest BCUT2D eigenvalue weighted by Gasteiger charge is 2.52. The van der Waals surface area contributed by atoms with Gasteiger partial charge in [0.25, 0.3) is 0 Å². The van der Waals surface area contributed by atoms with E-state index >= 15 is 0 Å². The number of alkyl carbamates (subject to hydrolysis) is 1. The molecule has 6 nitrogen and oxygen atoms in total. The standard InChI is InChI=1S/C21H31BFNO5/c1-19(2,3)27-18(25)24-13-15(22-28-20(4,5)21(6,7)29-22)11-14-12-16(26-8)9-10-17(14)23/h9-12H,13H2,1-8H3,(H,24,25). The number of rotatable bonds is 5. The van der Waals surface area contributed by atoms with Crippen LogP contribution in [0.4, 0.5) is 9.18 Å². The Labute approximate surface area is 172 Å². The molecule has 1 N–H and O–H groups in total. The van der Waals surface area contributed by atoms with Crippen LogP contribution in [0.15, 0.2) is 23.7 Å². The third-order valence-electron chi connectivity index (χ3n) is 4.94. The summed E-state index contributed by atoms with van der Waals surface area (Å²) < 4.78 is 37.0. The summed E-state index contributed by atoms with van der Waals surface area (Å²) in [5, 5.41) is 2.70. The van der Waals surface area contributed by atoms with Crippen molar-refractivity contribution in [2.45, 2.75) is 65.3 Å². The van der Waals surface area contributed by atoms with Crippen molar-refractivity contribution in [2.75, 3.05) is 13.7 Å². The molecule has 8 heteroatoms. The van der Waals surface area contributed by atoms with Crippen LogP contribution in [0.25, 0.3) is 6.08 Å². The molecule has 0 radical (unpaired) electrons. The second-order valence-corrected chi connectivity index (χ2v) is 9.05. The van der Waals surface area contributed by atoms with Crippen LogP contribution in [-0.4, -0.2) is 43.7 Å². The number of ether oxygens (including phenoxy) is 2. The number of hydrogen-bond donors (Lipinski definition) is 1. The molecule has 1 amide bonds. The quantitative estimate of drug-likeness (QED) is 0.735. The number of methoxy groups -OCH3 is 1. The minimum Gasteiger partial charge on any atom is -0.497 e.